The molecule has 1 atom stereocenters. The Hall–Kier alpha value is -2.66. The predicted molar refractivity (Wildman–Crippen MR) is 92.7 cm³/mol. The average molecular weight is 321 g/mol. The second-order valence-electron chi connectivity index (χ2n) is 6.31. The van der Waals surface area contributed by atoms with Gasteiger partial charge in [0.15, 0.2) is 6.10 Å². The van der Waals surface area contributed by atoms with Crippen molar-refractivity contribution >= 4 is 22.6 Å². The summed E-state index contributed by atoms with van der Waals surface area (Å²) in [6, 6.07) is 14.6. The van der Waals surface area contributed by atoms with Crippen molar-refractivity contribution in [3.05, 3.63) is 59.9 Å². The van der Waals surface area contributed by atoms with Crippen LogP contribution in [0.1, 0.15) is 36.3 Å². The Morgan fingerprint density at radius 2 is 2.00 bits per heavy atom. The van der Waals surface area contributed by atoms with Gasteiger partial charge in [-0.05, 0) is 36.6 Å². The van der Waals surface area contributed by atoms with Crippen molar-refractivity contribution in [2.24, 2.45) is 7.05 Å². The molecule has 1 saturated carbocycles. The molecular formula is C19H19N3O2. The lowest BCUT2D eigenvalue weighted by Gasteiger charge is -2.11. The maximum Gasteiger partial charge on any atom is 0.257 e. The second-order valence-corrected chi connectivity index (χ2v) is 6.31. The number of imidazole rings is 1. The van der Waals surface area contributed by atoms with Crippen molar-refractivity contribution in [1.29, 1.82) is 0 Å². The third-order valence-corrected chi connectivity index (χ3v) is 4.49. The van der Waals surface area contributed by atoms with Crippen LogP contribution in [0, 0.1) is 0 Å². The van der Waals surface area contributed by atoms with Crippen molar-refractivity contribution in [3.63, 3.8) is 0 Å². The van der Waals surface area contributed by atoms with Crippen LogP contribution in [-0.4, -0.2) is 20.6 Å². The molecule has 1 fully saturated rings. The van der Waals surface area contributed by atoms with Crippen LogP contribution in [-0.2, 0) is 11.8 Å². The summed E-state index contributed by atoms with van der Waals surface area (Å²) >= 11 is 0. The van der Waals surface area contributed by atoms with Crippen LogP contribution >= 0.6 is 0 Å². The predicted octanol–water partition coefficient (Wildman–Crippen LogP) is 3.12. The highest BCUT2D eigenvalue weighted by Gasteiger charge is 2.28. The van der Waals surface area contributed by atoms with E-state index in [0.29, 0.717) is 17.2 Å². The fourth-order valence-electron chi connectivity index (χ4n) is 3.00. The summed E-state index contributed by atoms with van der Waals surface area (Å²) in [7, 11) is 2.03. The van der Waals surface area contributed by atoms with Crippen molar-refractivity contribution in [2.45, 2.75) is 24.9 Å². The molecule has 4 rings (SSSR count). The van der Waals surface area contributed by atoms with Crippen LogP contribution < -0.4 is 5.32 Å². The highest BCUT2D eigenvalue weighted by Crippen LogP contribution is 2.40. The van der Waals surface area contributed by atoms with E-state index in [0.717, 1.165) is 16.9 Å². The lowest BCUT2D eigenvalue weighted by molar-refractivity contribution is -0.124. The van der Waals surface area contributed by atoms with Crippen molar-refractivity contribution in [3.8, 4) is 0 Å². The standard InChI is InChI=1S/C19H19N3O2/c1-22-16-10-9-14(11-15(16)21-18(22)13-7-8-13)20-19(24)17(23)12-5-3-2-4-6-12/h2-6,9-11,13,17,23H,7-8H2,1H3,(H,20,24). The Bertz CT molecular complexity index is 898. The second kappa shape index (κ2) is 5.76. The number of amides is 1. The number of fused-ring (bicyclic) bond motifs is 1. The minimum absolute atomic E-state index is 0.445. The number of aryl methyl sites for hydroxylation is 1. The zero-order valence-corrected chi connectivity index (χ0v) is 13.4. The summed E-state index contributed by atoms with van der Waals surface area (Å²) in [6.45, 7) is 0. The quantitative estimate of drug-likeness (QED) is 0.776. The third kappa shape index (κ3) is 2.67. The zero-order valence-electron chi connectivity index (χ0n) is 13.4. The lowest BCUT2D eigenvalue weighted by Crippen LogP contribution is -2.20. The number of carbonyl (C=O) groups is 1. The Morgan fingerprint density at radius 1 is 1.25 bits per heavy atom. The zero-order chi connectivity index (χ0) is 16.7. The smallest absolute Gasteiger partial charge is 0.257 e. The third-order valence-electron chi connectivity index (χ3n) is 4.49. The maximum absolute atomic E-state index is 12.3. The first-order valence-corrected chi connectivity index (χ1v) is 8.14. The van der Waals surface area contributed by atoms with Crippen LogP contribution in [0.4, 0.5) is 5.69 Å². The van der Waals surface area contributed by atoms with Gasteiger partial charge in [0.05, 0.1) is 11.0 Å². The number of anilines is 1. The molecule has 24 heavy (non-hydrogen) atoms. The molecule has 5 nitrogen and oxygen atoms in total. The fourth-order valence-corrected chi connectivity index (χ4v) is 3.00. The van der Waals surface area contributed by atoms with E-state index in [-0.39, 0.29) is 0 Å². The topological polar surface area (TPSA) is 67.2 Å². The van der Waals surface area contributed by atoms with E-state index < -0.39 is 12.0 Å². The number of nitrogens with one attached hydrogen (secondary N) is 1. The van der Waals surface area contributed by atoms with Gasteiger partial charge >= 0.3 is 0 Å². The van der Waals surface area contributed by atoms with E-state index in [1.807, 2.05) is 31.3 Å². The van der Waals surface area contributed by atoms with Gasteiger partial charge in [0.2, 0.25) is 0 Å². The Kier molecular flexibility index (Phi) is 3.58. The molecule has 0 radical (unpaired) electrons. The summed E-state index contributed by atoms with van der Waals surface area (Å²) in [5, 5.41) is 12.9. The van der Waals surface area contributed by atoms with Crippen LogP contribution in [0.15, 0.2) is 48.5 Å². The lowest BCUT2D eigenvalue weighted by atomic mass is 10.1. The van der Waals surface area contributed by atoms with Crippen LogP contribution in [0.25, 0.3) is 11.0 Å². The average Bonchev–Trinajstić information content (AvgIpc) is 3.39. The molecule has 3 aromatic rings. The van der Waals surface area contributed by atoms with Crippen molar-refractivity contribution in [2.75, 3.05) is 5.32 Å². The van der Waals surface area contributed by atoms with Crippen molar-refractivity contribution < 1.29 is 9.90 Å². The fraction of sp³-hybridized carbons (Fsp3) is 0.263. The van der Waals surface area contributed by atoms with E-state index in [1.165, 1.54) is 12.8 Å². The number of aliphatic hydroxyl groups excluding tert-OH is 1. The molecule has 1 aliphatic carbocycles. The Labute approximate surface area is 139 Å². The molecule has 1 amide bonds. The molecule has 1 aromatic heterocycles. The molecule has 2 N–H and O–H groups in total. The first kappa shape index (κ1) is 14.9. The number of carbonyl (C=O) groups excluding carboxylic acids is 1. The monoisotopic (exact) mass is 321 g/mol. The van der Waals surface area contributed by atoms with Gasteiger partial charge in [0.25, 0.3) is 5.91 Å². The molecule has 0 spiro atoms. The van der Waals surface area contributed by atoms with Crippen molar-refractivity contribution in [1.82, 2.24) is 9.55 Å². The van der Waals surface area contributed by atoms with E-state index in [2.05, 4.69) is 9.88 Å². The van der Waals surface area contributed by atoms with Gasteiger partial charge in [-0.1, -0.05) is 30.3 Å². The largest absolute Gasteiger partial charge is 0.378 e. The highest BCUT2D eigenvalue weighted by atomic mass is 16.3. The van der Waals surface area contributed by atoms with E-state index >= 15 is 0 Å². The van der Waals surface area contributed by atoms with Gasteiger partial charge in [-0.15, -0.1) is 0 Å². The van der Waals surface area contributed by atoms with Gasteiger partial charge in [0, 0.05) is 18.7 Å². The van der Waals surface area contributed by atoms with Gasteiger partial charge in [-0.2, -0.15) is 0 Å². The first-order valence-electron chi connectivity index (χ1n) is 8.14. The Balaban J connectivity index is 1.57. The van der Waals surface area contributed by atoms with Crippen LogP contribution in [0.5, 0.6) is 0 Å². The summed E-state index contributed by atoms with van der Waals surface area (Å²) in [6.07, 6.45) is 1.21. The van der Waals surface area contributed by atoms with Crippen LogP contribution in [0.3, 0.4) is 0 Å². The molecule has 1 aliphatic rings. The van der Waals surface area contributed by atoms with Gasteiger partial charge < -0.3 is 15.0 Å². The van der Waals surface area contributed by atoms with Gasteiger partial charge in [-0.3, -0.25) is 4.79 Å². The van der Waals surface area contributed by atoms with Crippen LogP contribution in [0.2, 0.25) is 0 Å². The molecule has 5 heteroatoms. The van der Waals surface area contributed by atoms with Gasteiger partial charge in [-0.25, -0.2) is 4.98 Å². The molecule has 0 bridgehead atoms. The normalized spacial score (nSPS) is 15.4. The Morgan fingerprint density at radius 3 is 2.71 bits per heavy atom. The number of benzene rings is 2. The molecule has 2 aromatic carbocycles. The number of aromatic nitrogens is 2. The summed E-state index contributed by atoms with van der Waals surface area (Å²) in [5.74, 6) is 1.23. The number of rotatable bonds is 4. The van der Waals surface area contributed by atoms with E-state index in [4.69, 9.17) is 4.98 Å². The van der Waals surface area contributed by atoms with Gasteiger partial charge in [0.1, 0.15) is 5.82 Å². The highest BCUT2D eigenvalue weighted by molar-refractivity contribution is 5.96. The number of hydrogen-bond acceptors (Lipinski definition) is 3. The minimum atomic E-state index is -1.19. The molecule has 1 heterocycles. The minimum Gasteiger partial charge on any atom is -0.378 e. The molecule has 0 saturated heterocycles. The first-order chi connectivity index (χ1) is 11.6. The molecule has 0 aliphatic heterocycles. The summed E-state index contributed by atoms with van der Waals surface area (Å²) in [4.78, 5) is 16.9. The number of aliphatic hydroxyl groups is 1. The van der Waals surface area contributed by atoms with E-state index in [1.54, 1.807) is 24.3 Å². The molecular weight excluding hydrogens is 302 g/mol. The number of nitrogens with zero attached hydrogens (tertiary/aromatic N) is 2. The SMILES string of the molecule is Cn1c(C2CC2)nc2cc(NC(=O)C(O)c3ccccc3)ccc21. The molecule has 1 unspecified atom stereocenters. The molecule has 122 valence electrons. The van der Waals surface area contributed by atoms with E-state index in [9.17, 15) is 9.90 Å². The number of hydrogen-bond donors (Lipinski definition) is 2. The maximum atomic E-state index is 12.3. The summed E-state index contributed by atoms with van der Waals surface area (Å²) in [5.41, 5.74) is 3.14. The summed E-state index contributed by atoms with van der Waals surface area (Å²) < 4.78 is 2.12.